The first-order valence-electron chi connectivity index (χ1n) is 6.44. The number of carbonyl (C=O) groups excluding carboxylic acids is 1. The van der Waals surface area contributed by atoms with Gasteiger partial charge in [-0.25, -0.2) is 9.79 Å². The van der Waals surface area contributed by atoms with E-state index in [0.717, 1.165) is 19.3 Å². The van der Waals surface area contributed by atoms with Crippen molar-refractivity contribution in [3.8, 4) is 0 Å². The van der Waals surface area contributed by atoms with Crippen molar-refractivity contribution in [2.75, 3.05) is 6.61 Å². The maximum absolute atomic E-state index is 11.8. The van der Waals surface area contributed by atoms with Crippen molar-refractivity contribution in [2.24, 2.45) is 16.5 Å². The molecule has 5 nitrogen and oxygen atoms in total. The van der Waals surface area contributed by atoms with Gasteiger partial charge < -0.3 is 16.2 Å². The topological polar surface area (TPSA) is 90.7 Å². The Morgan fingerprint density at radius 1 is 1.32 bits per heavy atom. The highest BCUT2D eigenvalue weighted by atomic mass is 16.5. The smallest absolute Gasteiger partial charge is 0.338 e. The van der Waals surface area contributed by atoms with Crippen LogP contribution in [-0.4, -0.2) is 24.6 Å². The Labute approximate surface area is 113 Å². The number of rotatable bonds is 7. The number of benzene rings is 1. The van der Waals surface area contributed by atoms with Crippen molar-refractivity contribution < 1.29 is 9.53 Å². The summed E-state index contributed by atoms with van der Waals surface area (Å²) in [7, 11) is 0. The number of hydrogen-bond acceptors (Lipinski definition) is 3. The molecule has 19 heavy (non-hydrogen) atoms. The molecule has 1 atom stereocenters. The molecular formula is C14H21N3O2. The van der Waals surface area contributed by atoms with Gasteiger partial charge in [0, 0.05) is 0 Å². The molecule has 0 heterocycles. The van der Waals surface area contributed by atoms with Gasteiger partial charge in [-0.2, -0.15) is 0 Å². The maximum Gasteiger partial charge on any atom is 0.338 e. The van der Waals surface area contributed by atoms with Gasteiger partial charge in [0.05, 0.1) is 11.6 Å². The van der Waals surface area contributed by atoms with Crippen LogP contribution in [0.1, 0.15) is 36.5 Å². The van der Waals surface area contributed by atoms with Crippen LogP contribution in [-0.2, 0) is 4.74 Å². The van der Waals surface area contributed by atoms with Crippen LogP contribution in [0.15, 0.2) is 35.3 Å². The van der Waals surface area contributed by atoms with Gasteiger partial charge >= 0.3 is 5.97 Å². The van der Waals surface area contributed by atoms with Gasteiger partial charge in [0.15, 0.2) is 5.96 Å². The molecule has 1 rings (SSSR count). The second-order valence-corrected chi connectivity index (χ2v) is 4.31. The molecule has 0 aliphatic carbocycles. The summed E-state index contributed by atoms with van der Waals surface area (Å²) in [5.41, 5.74) is 11.3. The van der Waals surface area contributed by atoms with E-state index in [9.17, 15) is 4.79 Å². The summed E-state index contributed by atoms with van der Waals surface area (Å²) >= 11 is 0. The summed E-state index contributed by atoms with van der Waals surface area (Å²) in [6.07, 6.45) is 2.84. The predicted molar refractivity (Wildman–Crippen MR) is 75.8 cm³/mol. The summed E-state index contributed by atoms with van der Waals surface area (Å²) < 4.78 is 5.23. The third kappa shape index (κ3) is 5.90. The highest BCUT2D eigenvalue weighted by Crippen LogP contribution is 2.07. The van der Waals surface area contributed by atoms with Crippen LogP contribution in [0.2, 0.25) is 0 Å². The van der Waals surface area contributed by atoms with Gasteiger partial charge in [-0.1, -0.05) is 38.0 Å². The number of hydrogen-bond donors (Lipinski definition) is 2. The van der Waals surface area contributed by atoms with Crippen LogP contribution < -0.4 is 11.5 Å². The fourth-order valence-corrected chi connectivity index (χ4v) is 1.67. The molecule has 104 valence electrons. The van der Waals surface area contributed by atoms with E-state index in [4.69, 9.17) is 16.2 Å². The standard InChI is InChI=1S/C14H21N3O2/c1-2-3-9-12(17-14(15)16)10-19-13(18)11-7-5-4-6-8-11/h4-8,12H,2-3,9-10H2,1H3,(H4,15,16,17). The quantitative estimate of drug-likeness (QED) is 0.445. The Morgan fingerprint density at radius 3 is 2.58 bits per heavy atom. The maximum atomic E-state index is 11.8. The Morgan fingerprint density at radius 2 is 2.00 bits per heavy atom. The molecule has 0 fully saturated rings. The molecule has 0 saturated heterocycles. The molecule has 0 amide bonds. The average molecular weight is 263 g/mol. The second kappa shape index (κ2) is 8.13. The van der Waals surface area contributed by atoms with Gasteiger partial charge in [-0.15, -0.1) is 0 Å². The summed E-state index contributed by atoms with van der Waals surface area (Å²) in [5, 5.41) is 0. The van der Waals surface area contributed by atoms with Crippen molar-refractivity contribution in [2.45, 2.75) is 32.2 Å². The molecule has 5 heteroatoms. The lowest BCUT2D eigenvalue weighted by Gasteiger charge is -2.13. The Balaban J connectivity index is 2.51. The average Bonchev–Trinajstić information content (AvgIpc) is 2.42. The van der Waals surface area contributed by atoms with Crippen LogP contribution in [0.3, 0.4) is 0 Å². The molecule has 0 saturated carbocycles. The molecule has 1 unspecified atom stereocenters. The Kier molecular flexibility index (Phi) is 6.43. The lowest BCUT2D eigenvalue weighted by atomic mass is 10.1. The van der Waals surface area contributed by atoms with E-state index in [0.29, 0.717) is 5.56 Å². The fourth-order valence-electron chi connectivity index (χ4n) is 1.67. The first-order valence-corrected chi connectivity index (χ1v) is 6.44. The summed E-state index contributed by atoms with van der Waals surface area (Å²) in [6, 6.07) is 8.69. The molecule has 4 N–H and O–H groups in total. The van der Waals surface area contributed by atoms with E-state index >= 15 is 0 Å². The summed E-state index contributed by atoms with van der Waals surface area (Å²) in [4.78, 5) is 15.9. The third-order valence-electron chi connectivity index (χ3n) is 2.64. The number of aliphatic imine (C=N–C) groups is 1. The van der Waals surface area contributed by atoms with Crippen LogP contribution in [0.5, 0.6) is 0 Å². The van der Waals surface area contributed by atoms with Gasteiger partial charge in [0.25, 0.3) is 0 Å². The molecule has 0 spiro atoms. The zero-order valence-corrected chi connectivity index (χ0v) is 11.2. The molecular weight excluding hydrogens is 242 g/mol. The van der Waals surface area contributed by atoms with Gasteiger partial charge in [-0.3, -0.25) is 0 Å². The van der Waals surface area contributed by atoms with E-state index in [2.05, 4.69) is 11.9 Å². The van der Waals surface area contributed by atoms with Gasteiger partial charge in [0.1, 0.15) is 6.61 Å². The van der Waals surface area contributed by atoms with E-state index in [1.807, 2.05) is 6.07 Å². The van der Waals surface area contributed by atoms with Crippen LogP contribution in [0.25, 0.3) is 0 Å². The number of unbranched alkanes of at least 4 members (excludes halogenated alkanes) is 1. The molecule has 1 aromatic rings. The summed E-state index contributed by atoms with van der Waals surface area (Å²) in [6.45, 7) is 2.29. The van der Waals surface area contributed by atoms with E-state index in [1.165, 1.54) is 0 Å². The van der Waals surface area contributed by atoms with E-state index in [1.54, 1.807) is 24.3 Å². The fraction of sp³-hybridized carbons (Fsp3) is 0.429. The first kappa shape index (κ1) is 15.0. The molecule has 0 aromatic heterocycles. The minimum absolute atomic E-state index is 0.0249. The number of carbonyl (C=O) groups is 1. The zero-order valence-electron chi connectivity index (χ0n) is 11.2. The first-order chi connectivity index (χ1) is 9.13. The minimum Gasteiger partial charge on any atom is -0.460 e. The molecule has 0 aliphatic rings. The van der Waals surface area contributed by atoms with Gasteiger partial charge in [0.2, 0.25) is 0 Å². The highest BCUT2D eigenvalue weighted by Gasteiger charge is 2.12. The molecule has 0 radical (unpaired) electrons. The Hall–Kier alpha value is -2.04. The Bertz CT molecular complexity index is 414. The van der Waals surface area contributed by atoms with Crippen molar-refractivity contribution in [3.05, 3.63) is 35.9 Å². The van der Waals surface area contributed by atoms with Crippen molar-refractivity contribution in [1.82, 2.24) is 0 Å². The largest absolute Gasteiger partial charge is 0.460 e. The SMILES string of the molecule is CCCCC(COC(=O)c1ccccc1)N=C(N)N. The van der Waals surface area contributed by atoms with Crippen LogP contribution in [0, 0.1) is 0 Å². The summed E-state index contributed by atoms with van der Waals surface area (Å²) in [5.74, 6) is -0.329. The molecule has 0 aliphatic heterocycles. The third-order valence-corrected chi connectivity index (χ3v) is 2.64. The van der Waals surface area contributed by atoms with Crippen LogP contribution >= 0.6 is 0 Å². The van der Waals surface area contributed by atoms with Crippen molar-refractivity contribution in [3.63, 3.8) is 0 Å². The normalized spacial score (nSPS) is 11.6. The molecule has 1 aromatic carbocycles. The predicted octanol–water partition coefficient (Wildman–Crippen LogP) is 1.68. The molecule has 0 bridgehead atoms. The lowest BCUT2D eigenvalue weighted by molar-refractivity contribution is 0.0478. The van der Waals surface area contributed by atoms with Crippen molar-refractivity contribution in [1.29, 1.82) is 0 Å². The van der Waals surface area contributed by atoms with Crippen molar-refractivity contribution >= 4 is 11.9 Å². The second-order valence-electron chi connectivity index (χ2n) is 4.31. The lowest BCUT2D eigenvalue weighted by Crippen LogP contribution is -2.28. The van der Waals surface area contributed by atoms with E-state index < -0.39 is 0 Å². The number of nitrogens with two attached hydrogens (primary N) is 2. The minimum atomic E-state index is -0.354. The van der Waals surface area contributed by atoms with Gasteiger partial charge in [-0.05, 0) is 18.6 Å². The number of ether oxygens (including phenoxy) is 1. The highest BCUT2D eigenvalue weighted by molar-refractivity contribution is 5.89. The van der Waals surface area contributed by atoms with Crippen LogP contribution in [0.4, 0.5) is 0 Å². The zero-order chi connectivity index (χ0) is 14.1. The number of esters is 1. The van der Waals surface area contributed by atoms with E-state index in [-0.39, 0.29) is 24.6 Å². The number of nitrogens with zero attached hydrogens (tertiary/aromatic N) is 1. The monoisotopic (exact) mass is 263 g/mol. The number of guanidine groups is 1.